The van der Waals surface area contributed by atoms with Gasteiger partial charge in [-0.15, -0.1) is 10.2 Å². The predicted octanol–water partition coefficient (Wildman–Crippen LogP) is 2.65. The Morgan fingerprint density at radius 1 is 1.17 bits per heavy atom. The Bertz CT molecular complexity index is 771. The van der Waals surface area contributed by atoms with Crippen LogP contribution in [0.25, 0.3) is 5.82 Å². The summed E-state index contributed by atoms with van der Waals surface area (Å²) >= 11 is 1.36. The van der Waals surface area contributed by atoms with E-state index in [0.29, 0.717) is 22.2 Å². The number of benzene rings is 1. The number of nitrogens with zero attached hydrogens (tertiary/aromatic N) is 4. The summed E-state index contributed by atoms with van der Waals surface area (Å²) in [4.78, 5) is 16.1. The van der Waals surface area contributed by atoms with Gasteiger partial charge in [0.25, 0.3) is 0 Å². The van der Waals surface area contributed by atoms with Crippen LogP contribution in [-0.2, 0) is 0 Å². The maximum absolute atomic E-state index is 12.1. The topological polar surface area (TPSA) is 69.9 Å². The van der Waals surface area contributed by atoms with E-state index in [1.54, 1.807) is 54.7 Å². The van der Waals surface area contributed by atoms with Crippen LogP contribution >= 0.6 is 11.8 Å². The molecule has 0 aliphatic heterocycles. The number of aromatic nitrogens is 4. The van der Waals surface area contributed by atoms with E-state index in [0.717, 1.165) is 5.75 Å². The van der Waals surface area contributed by atoms with E-state index in [2.05, 4.69) is 15.2 Å². The van der Waals surface area contributed by atoms with Crippen molar-refractivity contribution < 1.29 is 9.53 Å². The highest BCUT2D eigenvalue weighted by Gasteiger charge is 2.08. The molecule has 2 aromatic heterocycles. The van der Waals surface area contributed by atoms with Crippen LogP contribution in [0.1, 0.15) is 10.4 Å². The minimum atomic E-state index is 0.0399. The van der Waals surface area contributed by atoms with Crippen molar-refractivity contribution in [1.29, 1.82) is 0 Å². The van der Waals surface area contributed by atoms with Gasteiger partial charge < -0.3 is 4.74 Å². The molecule has 0 N–H and O–H groups in total. The van der Waals surface area contributed by atoms with E-state index in [1.165, 1.54) is 11.8 Å². The first kappa shape index (κ1) is 15.2. The highest BCUT2D eigenvalue weighted by molar-refractivity contribution is 7.99. The molecule has 0 saturated heterocycles. The van der Waals surface area contributed by atoms with Gasteiger partial charge in [-0.25, -0.2) is 4.98 Å². The second-order valence-corrected chi connectivity index (χ2v) is 5.64. The third kappa shape index (κ3) is 3.75. The Balaban J connectivity index is 1.60. The van der Waals surface area contributed by atoms with E-state index in [4.69, 9.17) is 4.74 Å². The van der Waals surface area contributed by atoms with E-state index >= 15 is 0 Å². The van der Waals surface area contributed by atoms with Gasteiger partial charge in [0.05, 0.1) is 12.9 Å². The lowest BCUT2D eigenvalue weighted by Gasteiger charge is -2.04. The maximum Gasteiger partial charge on any atom is 0.173 e. The van der Waals surface area contributed by atoms with E-state index in [1.807, 2.05) is 12.1 Å². The summed E-state index contributed by atoms with van der Waals surface area (Å²) in [6.07, 6.45) is 5.13. The molecule has 0 unspecified atom stereocenters. The van der Waals surface area contributed by atoms with Crippen LogP contribution in [0.2, 0.25) is 0 Å². The molecule has 0 radical (unpaired) electrons. The highest BCUT2D eigenvalue weighted by atomic mass is 32.2. The van der Waals surface area contributed by atoms with E-state index in [-0.39, 0.29) is 5.78 Å². The van der Waals surface area contributed by atoms with Crippen LogP contribution in [0, 0.1) is 0 Å². The lowest BCUT2D eigenvalue weighted by Crippen LogP contribution is -2.03. The first-order valence-corrected chi connectivity index (χ1v) is 7.87. The van der Waals surface area contributed by atoms with Crippen LogP contribution in [0.15, 0.2) is 60.1 Å². The van der Waals surface area contributed by atoms with Gasteiger partial charge in [0, 0.05) is 18.0 Å². The molecule has 0 amide bonds. The van der Waals surface area contributed by atoms with Gasteiger partial charge in [0.15, 0.2) is 11.6 Å². The molecule has 116 valence electrons. The Kier molecular flexibility index (Phi) is 4.68. The first-order valence-electron chi connectivity index (χ1n) is 6.88. The Morgan fingerprint density at radius 2 is 2.00 bits per heavy atom. The number of hydrogen-bond acceptors (Lipinski definition) is 6. The summed E-state index contributed by atoms with van der Waals surface area (Å²) in [5, 5.41) is 8.94. The SMILES string of the molecule is COc1ccc(C(=O)CSc2ccc(-n3ccnc3)nn2)cc1. The molecular weight excluding hydrogens is 312 g/mol. The van der Waals surface area contributed by atoms with Gasteiger partial charge in [-0.2, -0.15) is 0 Å². The monoisotopic (exact) mass is 326 g/mol. The summed E-state index contributed by atoms with van der Waals surface area (Å²) in [5.74, 6) is 1.77. The van der Waals surface area contributed by atoms with E-state index < -0.39 is 0 Å². The van der Waals surface area contributed by atoms with Crippen molar-refractivity contribution in [3.8, 4) is 11.6 Å². The quantitative estimate of drug-likeness (QED) is 0.512. The van der Waals surface area contributed by atoms with Crippen LogP contribution < -0.4 is 4.74 Å². The standard InChI is InChI=1S/C16H14N4O2S/c1-22-13-4-2-12(3-5-13)14(21)10-23-16-7-6-15(18-19-16)20-9-8-17-11-20/h2-9,11H,10H2,1H3. The van der Waals surface area contributed by atoms with Gasteiger partial charge in [0.1, 0.15) is 17.1 Å². The fourth-order valence-electron chi connectivity index (χ4n) is 1.92. The van der Waals surface area contributed by atoms with Gasteiger partial charge >= 0.3 is 0 Å². The average Bonchev–Trinajstić information content (AvgIpc) is 3.15. The molecule has 6 nitrogen and oxygen atoms in total. The first-order chi connectivity index (χ1) is 11.3. The number of carbonyl (C=O) groups is 1. The average molecular weight is 326 g/mol. The predicted molar refractivity (Wildman–Crippen MR) is 87.2 cm³/mol. The van der Waals surface area contributed by atoms with Crippen LogP contribution in [0.5, 0.6) is 5.75 Å². The molecule has 2 heterocycles. The Morgan fingerprint density at radius 3 is 2.61 bits per heavy atom. The van der Waals surface area contributed by atoms with Crippen molar-refractivity contribution >= 4 is 17.5 Å². The summed E-state index contributed by atoms with van der Waals surface area (Å²) < 4.78 is 6.85. The second kappa shape index (κ2) is 7.06. The molecule has 0 atom stereocenters. The third-order valence-electron chi connectivity index (χ3n) is 3.16. The number of imidazole rings is 1. The minimum absolute atomic E-state index is 0.0399. The number of methoxy groups -OCH3 is 1. The zero-order valence-electron chi connectivity index (χ0n) is 12.4. The minimum Gasteiger partial charge on any atom is -0.497 e. The van der Waals surface area contributed by atoms with Gasteiger partial charge in [0.2, 0.25) is 0 Å². The number of carbonyl (C=O) groups excluding carboxylic acids is 1. The number of ether oxygens (including phenoxy) is 1. The lowest BCUT2D eigenvalue weighted by atomic mass is 10.1. The van der Waals surface area contributed by atoms with Crippen LogP contribution in [-0.4, -0.2) is 38.4 Å². The fourth-order valence-corrected chi connectivity index (χ4v) is 2.63. The largest absolute Gasteiger partial charge is 0.497 e. The number of ketones is 1. The molecule has 0 aliphatic carbocycles. The third-order valence-corrected chi connectivity index (χ3v) is 4.08. The zero-order chi connectivity index (χ0) is 16.1. The molecule has 3 rings (SSSR count). The smallest absolute Gasteiger partial charge is 0.173 e. The number of rotatable bonds is 6. The maximum atomic E-state index is 12.1. The van der Waals surface area contributed by atoms with Crippen LogP contribution in [0.3, 0.4) is 0 Å². The molecular formula is C16H14N4O2S. The summed E-state index contributed by atoms with van der Waals surface area (Å²) in [6, 6.07) is 10.8. The van der Waals surface area contributed by atoms with Gasteiger partial charge in [-0.1, -0.05) is 11.8 Å². The normalized spacial score (nSPS) is 10.5. The summed E-state index contributed by atoms with van der Waals surface area (Å²) in [6.45, 7) is 0. The Labute approximate surface area is 137 Å². The van der Waals surface area contributed by atoms with Crippen molar-refractivity contribution in [3.63, 3.8) is 0 Å². The van der Waals surface area contributed by atoms with Gasteiger partial charge in [-0.05, 0) is 36.4 Å². The molecule has 23 heavy (non-hydrogen) atoms. The lowest BCUT2D eigenvalue weighted by molar-refractivity contribution is 0.102. The summed E-state index contributed by atoms with van der Waals surface area (Å²) in [5.41, 5.74) is 0.654. The van der Waals surface area contributed by atoms with Crippen molar-refractivity contribution in [2.24, 2.45) is 0 Å². The number of Topliss-reactive ketones (excluding diaryl/α,β-unsaturated/α-hetero) is 1. The second-order valence-electron chi connectivity index (χ2n) is 4.64. The fraction of sp³-hybridized carbons (Fsp3) is 0.125. The molecule has 3 aromatic rings. The number of thioether (sulfide) groups is 1. The summed E-state index contributed by atoms with van der Waals surface area (Å²) in [7, 11) is 1.60. The molecule has 0 fully saturated rings. The van der Waals surface area contributed by atoms with Crippen molar-refractivity contribution in [2.75, 3.05) is 12.9 Å². The zero-order valence-corrected chi connectivity index (χ0v) is 13.2. The Hall–Kier alpha value is -2.67. The highest BCUT2D eigenvalue weighted by Crippen LogP contribution is 2.18. The molecule has 0 aliphatic rings. The molecule has 7 heteroatoms. The molecule has 0 saturated carbocycles. The van der Waals surface area contributed by atoms with Crippen molar-refractivity contribution in [3.05, 3.63) is 60.7 Å². The van der Waals surface area contributed by atoms with Crippen molar-refractivity contribution in [2.45, 2.75) is 5.03 Å². The van der Waals surface area contributed by atoms with Crippen LogP contribution in [0.4, 0.5) is 0 Å². The molecule has 0 spiro atoms. The van der Waals surface area contributed by atoms with E-state index in [9.17, 15) is 4.79 Å². The molecule has 0 bridgehead atoms. The number of hydrogen-bond donors (Lipinski definition) is 0. The van der Waals surface area contributed by atoms with Crippen molar-refractivity contribution in [1.82, 2.24) is 19.7 Å². The van der Waals surface area contributed by atoms with Gasteiger partial charge in [-0.3, -0.25) is 9.36 Å². The molecule has 1 aromatic carbocycles.